The zero-order valence-electron chi connectivity index (χ0n) is 11.8. The van der Waals surface area contributed by atoms with Crippen LogP contribution in [0.5, 0.6) is 0 Å². The molecule has 1 aromatic rings. The number of nitrogens with one attached hydrogen (secondary N) is 1. The molecule has 1 N–H and O–H groups in total. The maximum absolute atomic E-state index is 11.8. The van der Waals surface area contributed by atoms with Crippen LogP contribution in [0.1, 0.15) is 19.4 Å². The van der Waals surface area contributed by atoms with Crippen LogP contribution >= 0.6 is 0 Å². The first-order chi connectivity index (χ1) is 8.95. The number of rotatable bonds is 5. The van der Waals surface area contributed by atoms with Crippen molar-refractivity contribution < 1.29 is 14.3 Å². The number of nitrogens with zero attached hydrogens (tertiary/aromatic N) is 1. The summed E-state index contributed by atoms with van der Waals surface area (Å²) >= 11 is 0. The summed E-state index contributed by atoms with van der Waals surface area (Å²) < 4.78 is 4.97. The van der Waals surface area contributed by atoms with E-state index in [4.69, 9.17) is 4.74 Å². The van der Waals surface area contributed by atoms with Gasteiger partial charge in [-0.2, -0.15) is 0 Å². The van der Waals surface area contributed by atoms with Crippen LogP contribution in [0.2, 0.25) is 0 Å². The normalized spacial score (nSPS) is 11.8. The molecule has 0 aliphatic carbocycles. The average molecular weight is 264 g/mol. The van der Waals surface area contributed by atoms with E-state index in [2.05, 4.69) is 5.32 Å². The van der Waals surface area contributed by atoms with Crippen molar-refractivity contribution in [2.24, 2.45) is 0 Å². The quantitative estimate of drug-likeness (QED) is 0.879. The summed E-state index contributed by atoms with van der Waals surface area (Å²) in [5.41, 5.74) is 1.58. The molecule has 0 fully saturated rings. The van der Waals surface area contributed by atoms with Crippen LogP contribution in [0.3, 0.4) is 0 Å². The van der Waals surface area contributed by atoms with E-state index in [0.717, 1.165) is 5.56 Å². The molecule has 0 aliphatic rings. The summed E-state index contributed by atoms with van der Waals surface area (Å²) in [5.74, 6) is -0.230. The van der Waals surface area contributed by atoms with Gasteiger partial charge in [-0.25, -0.2) is 0 Å². The Balaban J connectivity index is 2.84. The first-order valence-electron chi connectivity index (χ1n) is 6.09. The lowest BCUT2D eigenvalue weighted by molar-refractivity contribution is -0.128. The molecule has 1 atom stereocenters. The van der Waals surface area contributed by atoms with Gasteiger partial charge in [-0.05, 0) is 18.6 Å². The Kier molecular flexibility index (Phi) is 5.51. The predicted molar refractivity (Wildman–Crippen MR) is 73.7 cm³/mol. The van der Waals surface area contributed by atoms with Gasteiger partial charge in [0.2, 0.25) is 5.91 Å². The van der Waals surface area contributed by atoms with Gasteiger partial charge in [-0.3, -0.25) is 9.59 Å². The smallest absolute Gasteiger partial charge is 0.253 e. The lowest BCUT2D eigenvalue weighted by Crippen LogP contribution is -2.28. The Morgan fingerprint density at radius 3 is 2.58 bits per heavy atom. The van der Waals surface area contributed by atoms with E-state index in [1.165, 1.54) is 14.0 Å². The van der Waals surface area contributed by atoms with Crippen molar-refractivity contribution in [3.05, 3.63) is 29.8 Å². The largest absolute Gasteiger partial charge is 0.372 e. The van der Waals surface area contributed by atoms with Gasteiger partial charge in [0.05, 0.1) is 0 Å². The number of ether oxygens (including phenoxy) is 1. The van der Waals surface area contributed by atoms with Gasteiger partial charge in [0.15, 0.2) is 0 Å². The van der Waals surface area contributed by atoms with Gasteiger partial charge >= 0.3 is 0 Å². The number of hydrogen-bond donors (Lipinski definition) is 1. The fraction of sp³-hybridized carbons (Fsp3) is 0.429. The molecule has 0 saturated carbocycles. The van der Waals surface area contributed by atoms with Crippen molar-refractivity contribution in [2.45, 2.75) is 26.5 Å². The first-order valence-corrected chi connectivity index (χ1v) is 6.09. The molecule has 0 aliphatic heterocycles. The van der Waals surface area contributed by atoms with Crippen LogP contribution in [-0.2, 0) is 20.9 Å². The number of carbonyl (C=O) groups excluding carboxylic acids is 2. The Hall–Kier alpha value is -1.88. The summed E-state index contributed by atoms with van der Waals surface area (Å²) in [5, 5.41) is 2.80. The summed E-state index contributed by atoms with van der Waals surface area (Å²) in [6.45, 7) is 3.64. The Labute approximate surface area is 113 Å². The maximum Gasteiger partial charge on any atom is 0.253 e. The number of benzene rings is 1. The molecule has 0 saturated heterocycles. The maximum atomic E-state index is 11.8. The molecule has 0 aromatic heterocycles. The topological polar surface area (TPSA) is 58.6 Å². The number of para-hydroxylation sites is 1. The Bertz CT molecular complexity index is 460. The zero-order valence-corrected chi connectivity index (χ0v) is 11.8. The van der Waals surface area contributed by atoms with Crippen LogP contribution in [0, 0.1) is 0 Å². The fourth-order valence-electron chi connectivity index (χ4n) is 1.49. The third-order valence-electron chi connectivity index (χ3n) is 2.94. The lowest BCUT2D eigenvalue weighted by Gasteiger charge is -2.18. The van der Waals surface area contributed by atoms with Gasteiger partial charge in [0, 0.05) is 33.3 Å². The summed E-state index contributed by atoms with van der Waals surface area (Å²) in [4.78, 5) is 24.6. The first kappa shape index (κ1) is 15.2. The number of hydrogen-bond acceptors (Lipinski definition) is 3. The van der Waals surface area contributed by atoms with Gasteiger partial charge in [0.1, 0.15) is 6.10 Å². The van der Waals surface area contributed by atoms with Crippen LogP contribution in [0.25, 0.3) is 0 Å². The average Bonchev–Trinajstić information content (AvgIpc) is 2.39. The number of anilines is 1. The highest BCUT2D eigenvalue weighted by Gasteiger charge is 2.14. The predicted octanol–water partition coefficient (Wildman–Crippen LogP) is 1.64. The molecular weight excluding hydrogens is 244 g/mol. The van der Waals surface area contributed by atoms with Crippen molar-refractivity contribution in [1.82, 2.24) is 4.90 Å². The van der Waals surface area contributed by atoms with Crippen molar-refractivity contribution in [1.29, 1.82) is 0 Å². The molecule has 2 amide bonds. The molecule has 104 valence electrons. The molecule has 1 aromatic carbocycles. The van der Waals surface area contributed by atoms with Gasteiger partial charge in [0.25, 0.3) is 5.91 Å². The third kappa shape index (κ3) is 4.37. The molecule has 1 rings (SSSR count). The highest BCUT2D eigenvalue weighted by molar-refractivity contribution is 5.94. The van der Waals surface area contributed by atoms with E-state index in [-0.39, 0.29) is 11.8 Å². The van der Waals surface area contributed by atoms with Crippen molar-refractivity contribution in [3.8, 4) is 0 Å². The number of amides is 2. The third-order valence-corrected chi connectivity index (χ3v) is 2.94. The van der Waals surface area contributed by atoms with Crippen molar-refractivity contribution >= 4 is 17.5 Å². The highest BCUT2D eigenvalue weighted by atomic mass is 16.5. The molecule has 19 heavy (non-hydrogen) atoms. The minimum Gasteiger partial charge on any atom is -0.372 e. The molecule has 5 nitrogen and oxygen atoms in total. The summed E-state index contributed by atoms with van der Waals surface area (Å²) in [7, 11) is 3.21. The Morgan fingerprint density at radius 2 is 2.00 bits per heavy atom. The molecule has 0 heterocycles. The van der Waals surface area contributed by atoms with E-state index < -0.39 is 6.10 Å². The molecule has 1 unspecified atom stereocenters. The zero-order chi connectivity index (χ0) is 14.4. The van der Waals surface area contributed by atoms with Crippen LogP contribution in [0.15, 0.2) is 24.3 Å². The van der Waals surface area contributed by atoms with Gasteiger partial charge in [-0.1, -0.05) is 18.2 Å². The number of methoxy groups -OCH3 is 1. The van der Waals surface area contributed by atoms with E-state index in [1.807, 2.05) is 24.3 Å². The van der Waals surface area contributed by atoms with E-state index in [0.29, 0.717) is 12.2 Å². The highest BCUT2D eigenvalue weighted by Crippen LogP contribution is 2.17. The molecular formula is C14H20N2O3. The molecule has 5 heteroatoms. The molecule has 0 radical (unpaired) electrons. The van der Waals surface area contributed by atoms with Crippen molar-refractivity contribution in [3.63, 3.8) is 0 Å². The van der Waals surface area contributed by atoms with E-state index in [9.17, 15) is 9.59 Å². The molecule has 0 bridgehead atoms. The van der Waals surface area contributed by atoms with Crippen LogP contribution in [-0.4, -0.2) is 37.0 Å². The second kappa shape index (κ2) is 6.89. The van der Waals surface area contributed by atoms with Crippen LogP contribution in [0.4, 0.5) is 5.69 Å². The van der Waals surface area contributed by atoms with Crippen molar-refractivity contribution in [2.75, 3.05) is 19.5 Å². The fourth-order valence-corrected chi connectivity index (χ4v) is 1.49. The minimum atomic E-state index is -0.515. The monoisotopic (exact) mass is 264 g/mol. The minimum absolute atomic E-state index is 0.0219. The summed E-state index contributed by atoms with van der Waals surface area (Å²) in [6.07, 6.45) is -0.515. The number of carbonyl (C=O) groups is 2. The van der Waals surface area contributed by atoms with E-state index >= 15 is 0 Å². The SMILES string of the molecule is COC(C)C(=O)Nc1ccccc1CN(C)C(C)=O. The summed E-state index contributed by atoms with van der Waals surface area (Å²) in [6, 6.07) is 7.40. The second-order valence-electron chi connectivity index (χ2n) is 4.40. The molecule has 0 spiro atoms. The Morgan fingerprint density at radius 1 is 1.37 bits per heavy atom. The standard InChI is InChI=1S/C14H20N2O3/c1-10(19-4)14(18)15-13-8-6-5-7-12(13)9-16(3)11(2)17/h5-8,10H,9H2,1-4H3,(H,15,18). The van der Waals surface area contributed by atoms with Gasteiger partial charge < -0.3 is 15.0 Å². The van der Waals surface area contributed by atoms with E-state index in [1.54, 1.807) is 18.9 Å². The van der Waals surface area contributed by atoms with Crippen LogP contribution < -0.4 is 5.32 Å². The second-order valence-corrected chi connectivity index (χ2v) is 4.40. The van der Waals surface area contributed by atoms with Gasteiger partial charge in [-0.15, -0.1) is 0 Å². The lowest BCUT2D eigenvalue weighted by atomic mass is 10.1.